The van der Waals surface area contributed by atoms with Gasteiger partial charge in [0.25, 0.3) is 5.78 Å². The maximum atomic E-state index is 13.9. The summed E-state index contributed by atoms with van der Waals surface area (Å²) >= 11 is 1.09. The van der Waals surface area contributed by atoms with Crippen LogP contribution in [0, 0.1) is 5.82 Å². The van der Waals surface area contributed by atoms with Crippen molar-refractivity contribution < 1.29 is 28.6 Å². The van der Waals surface area contributed by atoms with Crippen LogP contribution < -0.4 is 14.4 Å². The fourth-order valence-corrected chi connectivity index (χ4v) is 6.01. The van der Waals surface area contributed by atoms with Crippen molar-refractivity contribution in [3.05, 3.63) is 101 Å². The van der Waals surface area contributed by atoms with Gasteiger partial charge in [0, 0.05) is 12.0 Å². The van der Waals surface area contributed by atoms with Gasteiger partial charge in [-0.05, 0) is 66.6 Å². The number of carbonyl (C=O) groups excluding carboxylic acids is 2. The van der Waals surface area contributed by atoms with Crippen LogP contribution in [0.1, 0.15) is 29.7 Å². The summed E-state index contributed by atoms with van der Waals surface area (Å²) in [7, 11) is 0. The van der Waals surface area contributed by atoms with Crippen LogP contribution in [0.25, 0.3) is 16.0 Å². The lowest BCUT2D eigenvalue weighted by atomic mass is 9.94. The molecule has 2 aliphatic heterocycles. The molecule has 1 amide bonds. The number of aliphatic hydroxyl groups is 1. The van der Waals surface area contributed by atoms with Gasteiger partial charge in [-0.25, -0.2) is 9.37 Å². The molecule has 7 nitrogen and oxygen atoms in total. The number of thiazole rings is 1. The Balaban J connectivity index is 1.53. The molecule has 0 saturated carbocycles. The molecule has 196 valence electrons. The molecule has 2 aliphatic rings. The van der Waals surface area contributed by atoms with E-state index in [4.69, 9.17) is 9.47 Å². The van der Waals surface area contributed by atoms with Gasteiger partial charge in [0.1, 0.15) is 35.8 Å². The van der Waals surface area contributed by atoms with Gasteiger partial charge in [0.05, 0.1) is 21.8 Å². The highest BCUT2D eigenvalue weighted by Crippen LogP contribution is 2.45. The van der Waals surface area contributed by atoms with Crippen molar-refractivity contribution in [2.45, 2.75) is 25.5 Å². The minimum absolute atomic E-state index is 0.00477. The van der Waals surface area contributed by atoms with Crippen LogP contribution in [0.15, 0.2) is 78.9 Å². The average molecular weight is 543 g/mol. The van der Waals surface area contributed by atoms with Gasteiger partial charge >= 0.3 is 5.91 Å². The summed E-state index contributed by atoms with van der Waals surface area (Å²) in [4.78, 5) is 32.9. The normalized spacial score (nSPS) is 19.8. The van der Waals surface area contributed by atoms with Crippen molar-refractivity contribution in [2.24, 2.45) is 0 Å². The number of fused-ring (bicyclic) bond motifs is 2. The van der Waals surface area contributed by atoms with E-state index in [1.807, 2.05) is 6.92 Å². The molecule has 1 saturated heterocycles. The van der Waals surface area contributed by atoms with Crippen molar-refractivity contribution in [3.63, 3.8) is 0 Å². The van der Waals surface area contributed by atoms with E-state index in [9.17, 15) is 19.1 Å². The Labute approximate surface area is 227 Å². The zero-order chi connectivity index (χ0) is 27.3. The van der Waals surface area contributed by atoms with Crippen molar-refractivity contribution >= 4 is 44.1 Å². The van der Waals surface area contributed by atoms with Crippen LogP contribution in [0.5, 0.6) is 11.5 Å². The van der Waals surface area contributed by atoms with Gasteiger partial charge in [0.15, 0.2) is 5.13 Å². The predicted molar refractivity (Wildman–Crippen MR) is 147 cm³/mol. The number of benzene rings is 3. The van der Waals surface area contributed by atoms with Gasteiger partial charge in [0.2, 0.25) is 0 Å². The van der Waals surface area contributed by atoms with Crippen molar-refractivity contribution in [3.8, 4) is 11.5 Å². The number of amides is 1. The Morgan fingerprint density at radius 1 is 1.23 bits per heavy atom. The lowest BCUT2D eigenvalue weighted by Crippen LogP contribution is -2.29. The highest BCUT2D eigenvalue weighted by atomic mass is 32.1. The number of anilines is 1. The summed E-state index contributed by atoms with van der Waals surface area (Å²) in [6.45, 7) is 5.89. The van der Waals surface area contributed by atoms with Crippen LogP contribution in [-0.4, -0.2) is 34.5 Å². The predicted octanol–water partition coefficient (Wildman–Crippen LogP) is 5.95. The van der Waals surface area contributed by atoms with E-state index in [1.165, 1.54) is 23.1 Å². The maximum absolute atomic E-state index is 13.9. The van der Waals surface area contributed by atoms with Gasteiger partial charge in [-0.2, -0.15) is 0 Å². The second kappa shape index (κ2) is 9.67. The van der Waals surface area contributed by atoms with Crippen LogP contribution in [0.3, 0.4) is 0 Å². The van der Waals surface area contributed by atoms with Crippen LogP contribution in [0.2, 0.25) is 0 Å². The second-order valence-electron chi connectivity index (χ2n) is 9.40. The van der Waals surface area contributed by atoms with Crippen LogP contribution >= 0.6 is 11.3 Å². The first-order valence-electron chi connectivity index (χ1n) is 12.3. The smallest absolute Gasteiger partial charge is 0.301 e. The molecule has 39 heavy (non-hydrogen) atoms. The topological polar surface area (TPSA) is 89.0 Å². The molecule has 1 aromatic heterocycles. The van der Waals surface area contributed by atoms with E-state index in [1.54, 1.807) is 48.5 Å². The Morgan fingerprint density at radius 2 is 2.08 bits per heavy atom. The first kappa shape index (κ1) is 24.8. The van der Waals surface area contributed by atoms with Crippen molar-refractivity contribution in [1.29, 1.82) is 0 Å². The van der Waals surface area contributed by atoms with Crippen molar-refractivity contribution in [1.82, 2.24) is 4.98 Å². The highest BCUT2D eigenvalue weighted by Gasteiger charge is 2.48. The summed E-state index contributed by atoms with van der Waals surface area (Å²) in [6.07, 6.45) is 2.28. The first-order valence-corrected chi connectivity index (χ1v) is 13.2. The average Bonchev–Trinajstić information content (AvgIpc) is 3.59. The number of hydrogen-bond donors (Lipinski definition) is 1. The highest BCUT2D eigenvalue weighted by molar-refractivity contribution is 7.22. The minimum atomic E-state index is -0.994. The van der Waals surface area contributed by atoms with E-state index in [0.717, 1.165) is 22.6 Å². The number of Topliss-reactive ketones (excluding diaryl/α,β-unsaturated/α-hetero) is 1. The fraction of sp³-hybridized carbons (Fsp3) is 0.167. The summed E-state index contributed by atoms with van der Waals surface area (Å²) in [5.41, 5.74) is 2.28. The second-order valence-corrected chi connectivity index (χ2v) is 10.4. The number of halogens is 1. The molecular formula is C30H23FN2O5S. The third-order valence-electron chi connectivity index (χ3n) is 6.70. The molecule has 2 atom stereocenters. The number of carbonyl (C=O) groups is 2. The lowest BCUT2D eigenvalue weighted by molar-refractivity contribution is -0.132. The number of ether oxygens (including phenoxy) is 2. The Morgan fingerprint density at radius 3 is 2.90 bits per heavy atom. The molecular weight excluding hydrogens is 519 g/mol. The molecule has 0 bridgehead atoms. The molecule has 1 fully saturated rings. The van der Waals surface area contributed by atoms with Crippen LogP contribution in [-0.2, 0) is 16.0 Å². The maximum Gasteiger partial charge on any atom is 0.301 e. The van der Waals surface area contributed by atoms with Gasteiger partial charge in [-0.15, -0.1) is 0 Å². The van der Waals surface area contributed by atoms with E-state index < -0.39 is 23.5 Å². The quantitative estimate of drug-likeness (QED) is 0.140. The first-order chi connectivity index (χ1) is 18.8. The Bertz CT molecular complexity index is 1690. The molecule has 4 aromatic rings. The summed E-state index contributed by atoms with van der Waals surface area (Å²) in [5.74, 6) is -1.18. The molecule has 0 aliphatic carbocycles. The number of aliphatic hydroxyl groups excluding tert-OH is 1. The molecule has 3 aromatic carbocycles. The van der Waals surface area contributed by atoms with Crippen molar-refractivity contribution in [2.75, 3.05) is 11.5 Å². The summed E-state index contributed by atoms with van der Waals surface area (Å²) in [5, 5.41) is 11.7. The Hall–Kier alpha value is -4.50. The largest absolute Gasteiger partial charge is 0.507 e. The van der Waals surface area contributed by atoms with E-state index in [0.29, 0.717) is 33.5 Å². The summed E-state index contributed by atoms with van der Waals surface area (Å²) in [6, 6.07) is 15.3. The number of ketones is 1. The lowest BCUT2D eigenvalue weighted by Gasteiger charge is -2.23. The van der Waals surface area contributed by atoms with E-state index in [-0.39, 0.29) is 29.2 Å². The number of rotatable bonds is 6. The number of hydrogen-bond acceptors (Lipinski definition) is 7. The molecule has 0 unspecified atom stereocenters. The Kier molecular flexibility index (Phi) is 6.15. The standard InChI is InChI=1S/C30H23FN2O5S/c1-3-11-37-21-6-4-5-17(14-21)26-25(27(34)18-7-10-23-19(13-18)12-16(2)38-23)28(35)29(36)33(26)30-32-22-9-8-20(31)15-24(22)39-30/h3-10,13-16,26,34H,1,11-12H2,2H3/t16-,26+/m0/s1. The van der Waals surface area contributed by atoms with E-state index in [2.05, 4.69) is 11.6 Å². The fourth-order valence-electron chi connectivity index (χ4n) is 4.99. The summed E-state index contributed by atoms with van der Waals surface area (Å²) < 4.78 is 25.9. The molecule has 0 radical (unpaired) electrons. The molecule has 6 rings (SSSR count). The van der Waals surface area contributed by atoms with Crippen LogP contribution in [0.4, 0.5) is 9.52 Å². The van der Waals surface area contributed by atoms with Gasteiger partial charge in [-0.3, -0.25) is 14.5 Å². The molecule has 3 heterocycles. The monoisotopic (exact) mass is 542 g/mol. The van der Waals surface area contributed by atoms with Gasteiger partial charge < -0.3 is 14.6 Å². The third kappa shape index (κ3) is 4.34. The van der Waals surface area contributed by atoms with E-state index >= 15 is 0 Å². The SMILES string of the molecule is C=CCOc1cccc([C@@H]2C(=C(O)c3ccc4c(c3)C[C@H](C)O4)C(=O)C(=O)N2c2nc3ccc(F)cc3s2)c1. The molecule has 1 N–H and O–H groups in total. The zero-order valence-electron chi connectivity index (χ0n) is 20.9. The number of nitrogens with zero attached hydrogens (tertiary/aromatic N) is 2. The number of aromatic nitrogens is 1. The minimum Gasteiger partial charge on any atom is -0.507 e. The third-order valence-corrected chi connectivity index (χ3v) is 7.72. The zero-order valence-corrected chi connectivity index (χ0v) is 21.7. The molecule has 9 heteroatoms. The van der Waals surface area contributed by atoms with Gasteiger partial charge in [-0.1, -0.05) is 36.1 Å². The molecule has 0 spiro atoms.